The van der Waals surface area contributed by atoms with Crippen LogP contribution >= 0.6 is 0 Å². The van der Waals surface area contributed by atoms with E-state index in [1.165, 1.54) is 12.8 Å². The second-order valence-electron chi connectivity index (χ2n) is 5.17. The molecule has 1 aliphatic rings. The Balaban J connectivity index is 2.17. The molecule has 3 nitrogen and oxygen atoms in total. The van der Waals surface area contributed by atoms with Gasteiger partial charge in [0, 0.05) is 19.3 Å². The van der Waals surface area contributed by atoms with Crippen molar-refractivity contribution in [2.45, 2.75) is 26.7 Å². The topological polar surface area (TPSA) is 42.2 Å². The number of aromatic nitrogens is 1. The molecule has 82 valence electrons. The Morgan fingerprint density at radius 1 is 1.40 bits per heavy atom. The van der Waals surface area contributed by atoms with Gasteiger partial charge in [-0.05, 0) is 24.3 Å². The number of nitrogens with zero attached hydrogens (tertiary/aromatic N) is 2. The molecule has 1 saturated heterocycles. The molecule has 0 aliphatic carbocycles. The third-order valence-corrected chi connectivity index (χ3v) is 3.01. The number of anilines is 2. The average molecular weight is 205 g/mol. The summed E-state index contributed by atoms with van der Waals surface area (Å²) in [6.45, 7) is 6.85. The van der Waals surface area contributed by atoms with Gasteiger partial charge < -0.3 is 10.6 Å². The molecule has 2 heterocycles. The molecule has 1 aliphatic heterocycles. The minimum absolute atomic E-state index is 0.406. The second kappa shape index (κ2) is 3.72. The number of rotatable bonds is 1. The van der Waals surface area contributed by atoms with Crippen LogP contribution in [0.1, 0.15) is 26.7 Å². The van der Waals surface area contributed by atoms with Crippen LogP contribution in [-0.2, 0) is 0 Å². The zero-order chi connectivity index (χ0) is 10.9. The maximum absolute atomic E-state index is 5.74. The lowest BCUT2D eigenvalue weighted by Gasteiger charge is -2.39. The first kappa shape index (κ1) is 10.3. The summed E-state index contributed by atoms with van der Waals surface area (Å²) in [7, 11) is 0. The van der Waals surface area contributed by atoms with Crippen molar-refractivity contribution < 1.29 is 0 Å². The number of piperidine rings is 1. The van der Waals surface area contributed by atoms with E-state index >= 15 is 0 Å². The fourth-order valence-electron chi connectivity index (χ4n) is 2.26. The monoisotopic (exact) mass is 205 g/mol. The van der Waals surface area contributed by atoms with Crippen LogP contribution in [0.4, 0.5) is 11.4 Å². The Morgan fingerprint density at radius 3 is 2.87 bits per heavy atom. The van der Waals surface area contributed by atoms with Gasteiger partial charge in [-0.15, -0.1) is 0 Å². The minimum Gasteiger partial charge on any atom is -0.397 e. The lowest BCUT2D eigenvalue weighted by Crippen LogP contribution is -2.40. The zero-order valence-corrected chi connectivity index (χ0v) is 9.53. The molecule has 0 atom stereocenters. The van der Waals surface area contributed by atoms with Gasteiger partial charge in [0.25, 0.3) is 0 Å². The van der Waals surface area contributed by atoms with Crippen LogP contribution < -0.4 is 10.6 Å². The number of pyridine rings is 1. The maximum atomic E-state index is 5.74. The summed E-state index contributed by atoms with van der Waals surface area (Å²) in [4.78, 5) is 6.52. The van der Waals surface area contributed by atoms with Crippen LogP contribution in [0.25, 0.3) is 0 Å². The zero-order valence-electron chi connectivity index (χ0n) is 9.53. The molecule has 1 aromatic heterocycles. The van der Waals surface area contributed by atoms with E-state index in [-0.39, 0.29) is 0 Å². The molecule has 0 spiro atoms. The van der Waals surface area contributed by atoms with Crippen LogP contribution in [0.15, 0.2) is 18.5 Å². The molecule has 0 aromatic carbocycles. The van der Waals surface area contributed by atoms with Gasteiger partial charge in [0.05, 0.1) is 17.6 Å². The molecule has 2 N–H and O–H groups in total. The van der Waals surface area contributed by atoms with Gasteiger partial charge in [-0.1, -0.05) is 13.8 Å². The van der Waals surface area contributed by atoms with Gasteiger partial charge in [0.2, 0.25) is 0 Å². The van der Waals surface area contributed by atoms with E-state index in [0.29, 0.717) is 5.41 Å². The molecule has 1 aromatic rings. The van der Waals surface area contributed by atoms with Gasteiger partial charge in [-0.2, -0.15) is 0 Å². The average Bonchev–Trinajstić information content (AvgIpc) is 2.16. The van der Waals surface area contributed by atoms with Crippen LogP contribution in [-0.4, -0.2) is 18.1 Å². The summed E-state index contributed by atoms with van der Waals surface area (Å²) in [5, 5.41) is 0. The van der Waals surface area contributed by atoms with E-state index < -0.39 is 0 Å². The van der Waals surface area contributed by atoms with Crippen molar-refractivity contribution in [2.24, 2.45) is 5.41 Å². The number of hydrogen-bond acceptors (Lipinski definition) is 3. The van der Waals surface area contributed by atoms with Crippen molar-refractivity contribution in [3.8, 4) is 0 Å². The quantitative estimate of drug-likeness (QED) is 0.765. The highest BCUT2D eigenvalue weighted by atomic mass is 15.1. The van der Waals surface area contributed by atoms with E-state index in [0.717, 1.165) is 24.5 Å². The van der Waals surface area contributed by atoms with Crippen LogP contribution in [0.2, 0.25) is 0 Å². The van der Waals surface area contributed by atoms with Gasteiger partial charge in [-0.3, -0.25) is 4.98 Å². The fraction of sp³-hybridized carbons (Fsp3) is 0.583. The third-order valence-electron chi connectivity index (χ3n) is 3.01. The smallest absolute Gasteiger partial charge is 0.0573 e. The van der Waals surface area contributed by atoms with Crippen molar-refractivity contribution in [3.63, 3.8) is 0 Å². The molecular weight excluding hydrogens is 186 g/mol. The lowest BCUT2D eigenvalue weighted by atomic mass is 9.84. The number of nitrogens with two attached hydrogens (primary N) is 1. The first-order chi connectivity index (χ1) is 7.07. The lowest BCUT2D eigenvalue weighted by molar-refractivity contribution is 0.293. The van der Waals surface area contributed by atoms with Crippen molar-refractivity contribution >= 4 is 11.4 Å². The standard InChI is InChI=1S/C12H19N3/c1-12(2)4-3-5-15(9-12)11-6-10(13)7-14-8-11/h6-8H,3-5,9,13H2,1-2H3. The van der Waals surface area contributed by atoms with E-state index in [9.17, 15) is 0 Å². The molecular formula is C12H19N3. The summed E-state index contributed by atoms with van der Waals surface area (Å²) < 4.78 is 0. The molecule has 0 amide bonds. The molecule has 3 heteroatoms. The largest absolute Gasteiger partial charge is 0.397 e. The molecule has 0 bridgehead atoms. The first-order valence-corrected chi connectivity index (χ1v) is 5.52. The molecule has 1 fully saturated rings. The highest BCUT2D eigenvalue weighted by Gasteiger charge is 2.26. The van der Waals surface area contributed by atoms with Gasteiger partial charge in [-0.25, -0.2) is 0 Å². The predicted molar refractivity (Wildman–Crippen MR) is 63.9 cm³/mol. The Bertz CT molecular complexity index is 346. The Morgan fingerprint density at radius 2 is 2.20 bits per heavy atom. The maximum Gasteiger partial charge on any atom is 0.0573 e. The highest BCUT2D eigenvalue weighted by Crippen LogP contribution is 2.31. The van der Waals surface area contributed by atoms with Gasteiger partial charge in [0.15, 0.2) is 0 Å². The van der Waals surface area contributed by atoms with E-state index in [4.69, 9.17) is 5.73 Å². The molecule has 15 heavy (non-hydrogen) atoms. The number of nitrogen functional groups attached to an aromatic ring is 1. The summed E-state index contributed by atoms with van der Waals surface area (Å²) >= 11 is 0. The normalized spacial score (nSPS) is 20.3. The Hall–Kier alpha value is -1.25. The van der Waals surface area contributed by atoms with E-state index in [2.05, 4.69) is 23.7 Å². The highest BCUT2D eigenvalue weighted by molar-refractivity contribution is 5.53. The molecule has 0 unspecified atom stereocenters. The van der Waals surface area contributed by atoms with Crippen LogP contribution in [0.5, 0.6) is 0 Å². The minimum atomic E-state index is 0.406. The molecule has 0 radical (unpaired) electrons. The van der Waals surface area contributed by atoms with E-state index in [1.807, 2.05) is 12.3 Å². The van der Waals surface area contributed by atoms with Gasteiger partial charge in [0.1, 0.15) is 0 Å². The predicted octanol–water partition coefficient (Wildman–Crippen LogP) is 2.29. The fourth-order valence-corrected chi connectivity index (χ4v) is 2.26. The van der Waals surface area contributed by atoms with E-state index in [1.54, 1.807) is 6.20 Å². The van der Waals surface area contributed by atoms with Crippen molar-refractivity contribution in [1.82, 2.24) is 4.98 Å². The summed E-state index contributed by atoms with van der Waals surface area (Å²) in [5.74, 6) is 0. The third kappa shape index (κ3) is 2.41. The van der Waals surface area contributed by atoms with Crippen LogP contribution in [0.3, 0.4) is 0 Å². The second-order valence-corrected chi connectivity index (χ2v) is 5.17. The summed E-state index contributed by atoms with van der Waals surface area (Å²) in [6, 6.07) is 2.01. The van der Waals surface area contributed by atoms with Crippen LogP contribution in [0, 0.1) is 5.41 Å². The Kier molecular flexibility index (Phi) is 2.55. The Labute approximate surface area is 91.3 Å². The van der Waals surface area contributed by atoms with Crippen molar-refractivity contribution in [3.05, 3.63) is 18.5 Å². The summed E-state index contributed by atoms with van der Waals surface area (Å²) in [5.41, 5.74) is 8.05. The molecule has 2 rings (SSSR count). The number of hydrogen-bond donors (Lipinski definition) is 1. The SMILES string of the molecule is CC1(C)CCCN(c2cncc(N)c2)C1. The summed E-state index contributed by atoms with van der Waals surface area (Å²) in [6.07, 6.45) is 6.15. The van der Waals surface area contributed by atoms with Crippen molar-refractivity contribution in [1.29, 1.82) is 0 Å². The van der Waals surface area contributed by atoms with Gasteiger partial charge >= 0.3 is 0 Å². The van der Waals surface area contributed by atoms with Crippen molar-refractivity contribution in [2.75, 3.05) is 23.7 Å². The first-order valence-electron chi connectivity index (χ1n) is 5.52. The molecule has 0 saturated carbocycles.